The van der Waals surface area contributed by atoms with Crippen molar-refractivity contribution in [1.82, 2.24) is 10.6 Å². The van der Waals surface area contributed by atoms with Gasteiger partial charge in [0.15, 0.2) is 0 Å². The van der Waals surface area contributed by atoms with Gasteiger partial charge in [0.1, 0.15) is 0 Å². The van der Waals surface area contributed by atoms with Crippen molar-refractivity contribution in [1.29, 1.82) is 0 Å². The van der Waals surface area contributed by atoms with Crippen LogP contribution < -0.4 is 15.5 Å². The quantitative estimate of drug-likeness (QED) is 0.860. The standard InChI is InChI=1S/C16H25N3O/c1-3-18-11-13-7-4-5-9-15(13)19-10-6-8-14(12-19)16(20)17-2/h4-5,7,9,14,18H,3,6,8,10-12H2,1-2H3,(H,17,20). The Morgan fingerprint density at radius 1 is 1.40 bits per heavy atom. The molecule has 1 aliphatic heterocycles. The number of nitrogens with zero attached hydrogens (tertiary/aromatic N) is 1. The van der Waals surface area contributed by atoms with E-state index in [1.54, 1.807) is 7.05 Å². The molecule has 2 rings (SSSR count). The van der Waals surface area contributed by atoms with Gasteiger partial charge in [0.25, 0.3) is 0 Å². The van der Waals surface area contributed by atoms with Crippen molar-refractivity contribution < 1.29 is 4.79 Å². The van der Waals surface area contributed by atoms with Crippen LogP contribution in [0.5, 0.6) is 0 Å². The highest BCUT2D eigenvalue weighted by molar-refractivity contribution is 5.79. The van der Waals surface area contributed by atoms with Gasteiger partial charge in [-0.25, -0.2) is 0 Å². The number of anilines is 1. The number of amides is 1. The van der Waals surface area contributed by atoms with Crippen molar-refractivity contribution in [3.8, 4) is 0 Å². The minimum atomic E-state index is 0.112. The summed E-state index contributed by atoms with van der Waals surface area (Å²) in [7, 11) is 1.72. The first-order valence-corrected chi connectivity index (χ1v) is 7.51. The molecule has 110 valence electrons. The van der Waals surface area contributed by atoms with Gasteiger partial charge in [0.05, 0.1) is 5.92 Å². The van der Waals surface area contributed by atoms with Gasteiger partial charge >= 0.3 is 0 Å². The fourth-order valence-corrected chi connectivity index (χ4v) is 2.84. The predicted octanol–water partition coefficient (Wildman–Crippen LogP) is 1.76. The molecule has 1 fully saturated rings. The van der Waals surface area contributed by atoms with Gasteiger partial charge in [-0.3, -0.25) is 4.79 Å². The maximum atomic E-state index is 11.9. The summed E-state index contributed by atoms with van der Waals surface area (Å²) < 4.78 is 0. The highest BCUT2D eigenvalue weighted by atomic mass is 16.1. The number of hydrogen-bond donors (Lipinski definition) is 2. The summed E-state index contributed by atoms with van der Waals surface area (Å²) in [5, 5.41) is 6.16. The number of rotatable bonds is 5. The second-order valence-corrected chi connectivity index (χ2v) is 5.31. The molecule has 0 radical (unpaired) electrons. The molecule has 1 aliphatic rings. The lowest BCUT2D eigenvalue weighted by Crippen LogP contribution is -2.42. The molecule has 0 spiro atoms. The second kappa shape index (κ2) is 7.29. The van der Waals surface area contributed by atoms with E-state index in [4.69, 9.17) is 0 Å². The van der Waals surface area contributed by atoms with E-state index in [1.165, 1.54) is 11.3 Å². The predicted molar refractivity (Wildman–Crippen MR) is 82.8 cm³/mol. The topological polar surface area (TPSA) is 44.4 Å². The molecular formula is C16H25N3O. The molecule has 20 heavy (non-hydrogen) atoms. The summed E-state index contributed by atoms with van der Waals surface area (Å²) in [6.45, 7) is 5.83. The Balaban J connectivity index is 2.12. The van der Waals surface area contributed by atoms with E-state index in [0.717, 1.165) is 39.0 Å². The van der Waals surface area contributed by atoms with E-state index in [0.29, 0.717) is 0 Å². The molecular weight excluding hydrogens is 250 g/mol. The van der Waals surface area contributed by atoms with Gasteiger partial charge < -0.3 is 15.5 Å². The summed E-state index contributed by atoms with van der Waals surface area (Å²) in [6.07, 6.45) is 2.07. The largest absolute Gasteiger partial charge is 0.370 e. The van der Waals surface area contributed by atoms with E-state index in [2.05, 4.69) is 46.7 Å². The number of nitrogens with one attached hydrogen (secondary N) is 2. The molecule has 1 heterocycles. The highest BCUT2D eigenvalue weighted by Gasteiger charge is 2.25. The normalized spacial score (nSPS) is 18.9. The average Bonchev–Trinajstić information content (AvgIpc) is 2.52. The third kappa shape index (κ3) is 3.51. The average molecular weight is 275 g/mol. The molecule has 1 unspecified atom stereocenters. The van der Waals surface area contributed by atoms with Gasteiger partial charge in [-0.15, -0.1) is 0 Å². The second-order valence-electron chi connectivity index (χ2n) is 5.31. The lowest BCUT2D eigenvalue weighted by Gasteiger charge is -2.34. The van der Waals surface area contributed by atoms with Crippen LogP contribution in [0.1, 0.15) is 25.3 Å². The van der Waals surface area contributed by atoms with Gasteiger partial charge in [0, 0.05) is 32.4 Å². The molecule has 0 aliphatic carbocycles. The number of piperidine rings is 1. The smallest absolute Gasteiger partial charge is 0.224 e. The first-order valence-electron chi connectivity index (χ1n) is 7.51. The summed E-state index contributed by atoms with van der Waals surface area (Å²) >= 11 is 0. The molecule has 1 aromatic rings. The van der Waals surface area contributed by atoms with Crippen LogP contribution in [-0.4, -0.2) is 32.6 Å². The molecule has 0 aromatic heterocycles. The molecule has 1 saturated heterocycles. The van der Waals surface area contributed by atoms with Crippen LogP contribution in [0.3, 0.4) is 0 Å². The molecule has 0 bridgehead atoms. The third-order valence-corrected chi connectivity index (χ3v) is 3.94. The molecule has 1 amide bonds. The molecule has 0 saturated carbocycles. The van der Waals surface area contributed by atoms with Gasteiger partial charge in [-0.1, -0.05) is 25.1 Å². The van der Waals surface area contributed by atoms with Crippen molar-refractivity contribution in [2.24, 2.45) is 5.92 Å². The Bertz CT molecular complexity index is 447. The van der Waals surface area contributed by atoms with Crippen LogP contribution in [-0.2, 0) is 11.3 Å². The number of benzene rings is 1. The van der Waals surface area contributed by atoms with Crippen LogP contribution in [0.15, 0.2) is 24.3 Å². The van der Waals surface area contributed by atoms with Crippen LogP contribution in [0.25, 0.3) is 0 Å². The van der Waals surface area contributed by atoms with E-state index >= 15 is 0 Å². The number of carbonyl (C=O) groups excluding carboxylic acids is 1. The van der Waals surface area contributed by atoms with Crippen molar-refractivity contribution in [3.05, 3.63) is 29.8 Å². The molecule has 1 atom stereocenters. The summed E-state index contributed by atoms with van der Waals surface area (Å²) in [5.74, 6) is 0.278. The molecule has 1 aromatic carbocycles. The first kappa shape index (κ1) is 14.9. The SMILES string of the molecule is CCNCc1ccccc1N1CCCC(C(=O)NC)C1. The fraction of sp³-hybridized carbons (Fsp3) is 0.562. The van der Waals surface area contributed by atoms with E-state index in [9.17, 15) is 4.79 Å². The lowest BCUT2D eigenvalue weighted by molar-refractivity contribution is -0.124. The van der Waals surface area contributed by atoms with Crippen molar-refractivity contribution >= 4 is 11.6 Å². The van der Waals surface area contributed by atoms with Crippen LogP contribution in [0.2, 0.25) is 0 Å². The summed E-state index contributed by atoms with van der Waals surface area (Å²) in [6, 6.07) is 8.49. The molecule has 4 nitrogen and oxygen atoms in total. The van der Waals surface area contributed by atoms with E-state index in [1.807, 2.05) is 0 Å². The molecule has 2 N–H and O–H groups in total. The first-order chi connectivity index (χ1) is 9.76. The van der Waals surface area contributed by atoms with Crippen LogP contribution in [0, 0.1) is 5.92 Å². The minimum absolute atomic E-state index is 0.112. The van der Waals surface area contributed by atoms with Gasteiger partial charge in [-0.05, 0) is 31.0 Å². The van der Waals surface area contributed by atoms with Crippen molar-refractivity contribution in [3.63, 3.8) is 0 Å². The van der Waals surface area contributed by atoms with Crippen LogP contribution >= 0.6 is 0 Å². The monoisotopic (exact) mass is 275 g/mol. The summed E-state index contributed by atoms with van der Waals surface area (Å²) in [5.41, 5.74) is 2.58. The number of carbonyl (C=O) groups is 1. The maximum absolute atomic E-state index is 11.9. The summed E-state index contributed by atoms with van der Waals surface area (Å²) in [4.78, 5) is 14.2. The van der Waals surface area contributed by atoms with E-state index in [-0.39, 0.29) is 11.8 Å². The van der Waals surface area contributed by atoms with E-state index < -0.39 is 0 Å². The van der Waals surface area contributed by atoms with Gasteiger partial charge in [0.2, 0.25) is 5.91 Å². The zero-order valence-electron chi connectivity index (χ0n) is 12.5. The van der Waals surface area contributed by atoms with Crippen molar-refractivity contribution in [2.75, 3.05) is 31.6 Å². The fourth-order valence-electron chi connectivity index (χ4n) is 2.84. The Morgan fingerprint density at radius 2 is 2.20 bits per heavy atom. The lowest BCUT2D eigenvalue weighted by atomic mass is 9.96. The van der Waals surface area contributed by atoms with Crippen LogP contribution in [0.4, 0.5) is 5.69 Å². The van der Waals surface area contributed by atoms with Crippen molar-refractivity contribution in [2.45, 2.75) is 26.3 Å². The minimum Gasteiger partial charge on any atom is -0.370 e. The van der Waals surface area contributed by atoms with Gasteiger partial charge in [-0.2, -0.15) is 0 Å². The molecule has 4 heteroatoms. The third-order valence-electron chi connectivity index (χ3n) is 3.94. The number of para-hydroxylation sites is 1. The zero-order chi connectivity index (χ0) is 14.4. The maximum Gasteiger partial charge on any atom is 0.224 e. The number of hydrogen-bond acceptors (Lipinski definition) is 3. The Morgan fingerprint density at radius 3 is 2.95 bits per heavy atom. The Labute approximate surface area is 121 Å². The Kier molecular flexibility index (Phi) is 5.41. The Hall–Kier alpha value is -1.55. The zero-order valence-corrected chi connectivity index (χ0v) is 12.5. The highest BCUT2D eigenvalue weighted by Crippen LogP contribution is 2.26.